The van der Waals surface area contributed by atoms with Crippen molar-refractivity contribution in [3.8, 4) is 5.75 Å². The molecular formula is C21H30N2O3. The molecule has 4 fully saturated rings. The lowest BCUT2D eigenvalue weighted by Crippen LogP contribution is -2.62. The molecule has 2 bridgehead atoms. The van der Waals surface area contributed by atoms with E-state index < -0.39 is 5.60 Å². The molecule has 142 valence electrons. The minimum atomic E-state index is -0.778. The third kappa shape index (κ3) is 2.72. The number of fused-ring (bicyclic) bond motifs is 2. The maximum atomic E-state index is 13.3. The lowest BCUT2D eigenvalue weighted by atomic mass is 9.75. The SMILES string of the molecule is COc1cccc([C@@H]2CN(C(=O)C(C)(C)OC)[C@@H]3C4CCN(CC4)[C@@H]32)c1. The van der Waals surface area contributed by atoms with Crippen molar-refractivity contribution in [1.82, 2.24) is 9.80 Å². The van der Waals surface area contributed by atoms with Crippen LogP contribution in [0.1, 0.15) is 38.2 Å². The number of amides is 1. The van der Waals surface area contributed by atoms with E-state index in [1.54, 1.807) is 14.2 Å². The van der Waals surface area contributed by atoms with Crippen molar-refractivity contribution in [3.05, 3.63) is 29.8 Å². The molecule has 3 atom stereocenters. The van der Waals surface area contributed by atoms with Crippen molar-refractivity contribution in [1.29, 1.82) is 0 Å². The van der Waals surface area contributed by atoms with Gasteiger partial charge in [-0.05, 0) is 63.4 Å². The second kappa shape index (κ2) is 6.54. The number of hydrogen-bond donors (Lipinski definition) is 0. The molecule has 0 N–H and O–H groups in total. The van der Waals surface area contributed by atoms with Gasteiger partial charge in [0.05, 0.1) is 13.2 Å². The lowest BCUT2D eigenvalue weighted by Gasteiger charge is -2.51. The molecule has 5 heteroatoms. The van der Waals surface area contributed by atoms with Crippen LogP contribution in [0.2, 0.25) is 0 Å². The Balaban J connectivity index is 1.71. The molecule has 0 radical (unpaired) electrons. The van der Waals surface area contributed by atoms with Crippen molar-refractivity contribution < 1.29 is 14.3 Å². The molecule has 4 saturated heterocycles. The topological polar surface area (TPSA) is 42.0 Å². The first kappa shape index (κ1) is 17.8. The predicted molar refractivity (Wildman–Crippen MR) is 100 cm³/mol. The van der Waals surface area contributed by atoms with Gasteiger partial charge in [-0.25, -0.2) is 0 Å². The van der Waals surface area contributed by atoms with E-state index in [-0.39, 0.29) is 5.91 Å². The van der Waals surface area contributed by atoms with E-state index >= 15 is 0 Å². The summed E-state index contributed by atoms with van der Waals surface area (Å²) in [4.78, 5) is 18.0. The maximum absolute atomic E-state index is 13.3. The Bertz CT molecular complexity index is 682. The molecule has 0 aromatic heterocycles. The highest BCUT2D eigenvalue weighted by Gasteiger charge is 2.56. The summed E-state index contributed by atoms with van der Waals surface area (Å²) < 4.78 is 11.0. The molecule has 0 aliphatic carbocycles. The van der Waals surface area contributed by atoms with Crippen LogP contribution in [0, 0.1) is 5.92 Å². The van der Waals surface area contributed by atoms with Crippen LogP contribution in [0.5, 0.6) is 5.75 Å². The van der Waals surface area contributed by atoms with Gasteiger partial charge in [-0.3, -0.25) is 9.69 Å². The van der Waals surface area contributed by atoms with Crippen LogP contribution in [-0.2, 0) is 9.53 Å². The molecule has 4 aliphatic rings. The van der Waals surface area contributed by atoms with Crippen molar-refractivity contribution >= 4 is 5.91 Å². The zero-order chi connectivity index (χ0) is 18.5. The number of piperidine rings is 3. The van der Waals surface area contributed by atoms with Gasteiger partial charge in [0.15, 0.2) is 0 Å². The normalized spacial score (nSPS) is 33.2. The highest BCUT2D eigenvalue weighted by Crippen LogP contribution is 2.47. The average molecular weight is 358 g/mol. The van der Waals surface area contributed by atoms with Gasteiger partial charge in [-0.1, -0.05) is 12.1 Å². The van der Waals surface area contributed by atoms with E-state index in [2.05, 4.69) is 28.0 Å². The van der Waals surface area contributed by atoms with Crippen molar-refractivity contribution in [2.24, 2.45) is 5.92 Å². The number of likely N-dealkylation sites (tertiary alicyclic amines) is 1. The molecule has 0 saturated carbocycles. The fourth-order valence-corrected chi connectivity index (χ4v) is 5.25. The van der Waals surface area contributed by atoms with Gasteiger partial charge < -0.3 is 14.4 Å². The second-order valence-electron chi connectivity index (χ2n) is 8.41. The van der Waals surface area contributed by atoms with E-state index in [4.69, 9.17) is 9.47 Å². The zero-order valence-corrected chi connectivity index (χ0v) is 16.3. The van der Waals surface area contributed by atoms with Gasteiger partial charge in [-0.15, -0.1) is 0 Å². The Morgan fingerprint density at radius 2 is 1.88 bits per heavy atom. The summed E-state index contributed by atoms with van der Waals surface area (Å²) in [6.45, 7) is 6.83. The van der Waals surface area contributed by atoms with Gasteiger partial charge in [0, 0.05) is 25.6 Å². The number of nitrogens with zero attached hydrogens (tertiary/aromatic N) is 2. The van der Waals surface area contributed by atoms with Crippen LogP contribution in [0.15, 0.2) is 24.3 Å². The summed E-state index contributed by atoms with van der Waals surface area (Å²) in [6, 6.07) is 9.08. The summed E-state index contributed by atoms with van der Waals surface area (Å²) in [7, 11) is 3.33. The van der Waals surface area contributed by atoms with Crippen LogP contribution in [0.3, 0.4) is 0 Å². The molecule has 5 nitrogen and oxygen atoms in total. The Labute approximate surface area is 156 Å². The molecule has 5 rings (SSSR count). The number of ether oxygens (including phenoxy) is 2. The van der Waals surface area contributed by atoms with Crippen LogP contribution in [0.4, 0.5) is 0 Å². The van der Waals surface area contributed by atoms with Gasteiger partial charge in [0.25, 0.3) is 5.91 Å². The molecule has 0 spiro atoms. The summed E-state index contributed by atoms with van der Waals surface area (Å²) in [5.74, 6) is 1.94. The number of rotatable bonds is 4. The van der Waals surface area contributed by atoms with Crippen molar-refractivity contribution in [2.45, 2.75) is 50.3 Å². The van der Waals surface area contributed by atoms with Crippen LogP contribution < -0.4 is 4.74 Å². The first-order chi connectivity index (χ1) is 12.5. The Kier molecular flexibility index (Phi) is 4.48. The third-order valence-electron chi connectivity index (χ3n) is 6.80. The Hall–Kier alpha value is -1.59. The fraction of sp³-hybridized carbons (Fsp3) is 0.667. The van der Waals surface area contributed by atoms with Crippen LogP contribution in [-0.4, -0.2) is 67.2 Å². The molecule has 0 unspecified atom stereocenters. The van der Waals surface area contributed by atoms with Crippen molar-refractivity contribution in [3.63, 3.8) is 0 Å². The maximum Gasteiger partial charge on any atom is 0.254 e. The van der Waals surface area contributed by atoms with Gasteiger partial charge in [0.2, 0.25) is 0 Å². The van der Waals surface area contributed by atoms with Gasteiger partial charge in [-0.2, -0.15) is 0 Å². The fourth-order valence-electron chi connectivity index (χ4n) is 5.25. The summed E-state index contributed by atoms with van der Waals surface area (Å²) in [5, 5.41) is 0. The number of carbonyl (C=O) groups is 1. The highest BCUT2D eigenvalue weighted by atomic mass is 16.5. The smallest absolute Gasteiger partial charge is 0.254 e. The number of carbonyl (C=O) groups excluding carboxylic acids is 1. The van der Waals surface area contributed by atoms with E-state index in [1.807, 2.05) is 19.9 Å². The standard InChI is InChI=1S/C21H30N2O3/c1-21(2,26-4)20(24)23-13-17(15-6-5-7-16(12-15)25-3)19-18(23)14-8-10-22(19)11-9-14/h5-7,12,14,17-19H,8-11,13H2,1-4H3/t17-,18+,19+/m0/s1. The first-order valence-corrected chi connectivity index (χ1v) is 9.70. The molecule has 26 heavy (non-hydrogen) atoms. The molecule has 4 aliphatic heterocycles. The van der Waals surface area contributed by atoms with Gasteiger partial charge >= 0.3 is 0 Å². The van der Waals surface area contributed by atoms with Crippen LogP contribution in [0.25, 0.3) is 0 Å². The molecule has 1 amide bonds. The van der Waals surface area contributed by atoms with E-state index in [9.17, 15) is 4.79 Å². The minimum Gasteiger partial charge on any atom is -0.497 e. The first-order valence-electron chi connectivity index (χ1n) is 9.70. The number of methoxy groups -OCH3 is 2. The molecular weight excluding hydrogens is 328 g/mol. The summed E-state index contributed by atoms with van der Waals surface area (Å²) in [6.07, 6.45) is 2.40. The number of hydrogen-bond acceptors (Lipinski definition) is 4. The summed E-state index contributed by atoms with van der Waals surface area (Å²) in [5.41, 5.74) is 0.497. The largest absolute Gasteiger partial charge is 0.497 e. The van der Waals surface area contributed by atoms with Gasteiger partial charge in [0.1, 0.15) is 11.4 Å². The Morgan fingerprint density at radius 3 is 2.54 bits per heavy atom. The van der Waals surface area contributed by atoms with Crippen LogP contribution >= 0.6 is 0 Å². The average Bonchev–Trinajstić information content (AvgIpc) is 3.11. The van der Waals surface area contributed by atoms with E-state index in [0.29, 0.717) is 23.9 Å². The quantitative estimate of drug-likeness (QED) is 0.829. The highest BCUT2D eigenvalue weighted by molar-refractivity contribution is 5.85. The zero-order valence-electron chi connectivity index (χ0n) is 16.3. The Morgan fingerprint density at radius 1 is 1.15 bits per heavy atom. The third-order valence-corrected chi connectivity index (χ3v) is 6.80. The molecule has 1 aromatic carbocycles. The molecule has 4 heterocycles. The second-order valence-corrected chi connectivity index (χ2v) is 8.41. The van der Waals surface area contributed by atoms with E-state index in [1.165, 1.54) is 18.4 Å². The summed E-state index contributed by atoms with van der Waals surface area (Å²) >= 11 is 0. The monoisotopic (exact) mass is 358 g/mol. The predicted octanol–water partition coefficient (Wildman–Crippen LogP) is 2.51. The molecule has 1 aromatic rings. The minimum absolute atomic E-state index is 0.120. The van der Waals surface area contributed by atoms with E-state index in [0.717, 1.165) is 25.4 Å². The number of benzene rings is 1. The van der Waals surface area contributed by atoms with Crippen molar-refractivity contribution in [2.75, 3.05) is 33.9 Å². The lowest BCUT2D eigenvalue weighted by molar-refractivity contribution is -0.155.